The van der Waals surface area contributed by atoms with E-state index in [-0.39, 0.29) is 0 Å². The lowest BCUT2D eigenvalue weighted by atomic mass is 9.80. The molecule has 0 fully saturated rings. The minimum absolute atomic E-state index is 0.490. The highest BCUT2D eigenvalue weighted by atomic mass is 16.3. The SMILES string of the molecule is CC(C)(O)C1=C[C@H](O)[C@@](C)(O)CC1. The molecule has 0 radical (unpaired) electrons. The molecule has 3 heteroatoms. The van der Waals surface area contributed by atoms with Crippen LogP contribution in [0.4, 0.5) is 0 Å². The number of rotatable bonds is 1. The number of hydrogen-bond acceptors (Lipinski definition) is 3. The Hall–Kier alpha value is -0.380. The number of hydrogen-bond donors (Lipinski definition) is 3. The quantitative estimate of drug-likeness (QED) is 0.525. The molecule has 0 aromatic rings. The van der Waals surface area contributed by atoms with Crippen LogP contribution in [0.3, 0.4) is 0 Å². The van der Waals surface area contributed by atoms with Crippen molar-refractivity contribution in [3.63, 3.8) is 0 Å². The fourth-order valence-electron chi connectivity index (χ4n) is 1.50. The zero-order valence-corrected chi connectivity index (χ0v) is 8.41. The van der Waals surface area contributed by atoms with E-state index in [1.807, 2.05) is 0 Å². The molecule has 1 rings (SSSR count). The lowest BCUT2D eigenvalue weighted by molar-refractivity contribution is -0.0528. The Morgan fingerprint density at radius 2 is 2.08 bits per heavy atom. The average molecular weight is 186 g/mol. The Morgan fingerprint density at radius 3 is 2.46 bits per heavy atom. The van der Waals surface area contributed by atoms with Crippen molar-refractivity contribution in [2.45, 2.75) is 50.9 Å². The van der Waals surface area contributed by atoms with Crippen LogP contribution in [0.5, 0.6) is 0 Å². The van der Waals surface area contributed by atoms with Gasteiger partial charge in [-0.25, -0.2) is 0 Å². The van der Waals surface area contributed by atoms with Gasteiger partial charge >= 0.3 is 0 Å². The van der Waals surface area contributed by atoms with Gasteiger partial charge in [0, 0.05) is 0 Å². The van der Waals surface area contributed by atoms with Crippen LogP contribution in [0.1, 0.15) is 33.6 Å². The van der Waals surface area contributed by atoms with E-state index in [9.17, 15) is 15.3 Å². The molecule has 0 aliphatic heterocycles. The molecule has 0 spiro atoms. The van der Waals surface area contributed by atoms with Crippen molar-refractivity contribution >= 4 is 0 Å². The molecule has 0 heterocycles. The second-order valence-corrected chi connectivity index (χ2v) is 4.55. The van der Waals surface area contributed by atoms with Crippen molar-refractivity contribution in [1.29, 1.82) is 0 Å². The van der Waals surface area contributed by atoms with Crippen LogP contribution in [-0.2, 0) is 0 Å². The van der Waals surface area contributed by atoms with Gasteiger partial charge in [0.05, 0.1) is 11.2 Å². The summed E-state index contributed by atoms with van der Waals surface area (Å²) < 4.78 is 0. The van der Waals surface area contributed by atoms with Gasteiger partial charge in [-0.2, -0.15) is 0 Å². The average Bonchev–Trinajstić information content (AvgIpc) is 1.92. The van der Waals surface area contributed by atoms with Gasteiger partial charge in [-0.1, -0.05) is 6.08 Å². The fourth-order valence-corrected chi connectivity index (χ4v) is 1.50. The Balaban J connectivity index is 2.85. The van der Waals surface area contributed by atoms with Gasteiger partial charge in [0.1, 0.15) is 6.10 Å². The summed E-state index contributed by atoms with van der Waals surface area (Å²) in [6, 6.07) is 0. The molecule has 2 atom stereocenters. The molecule has 13 heavy (non-hydrogen) atoms. The second-order valence-electron chi connectivity index (χ2n) is 4.55. The van der Waals surface area contributed by atoms with Crippen LogP contribution in [0.15, 0.2) is 11.6 Å². The maximum absolute atomic E-state index is 9.67. The number of aliphatic hydroxyl groups excluding tert-OH is 1. The molecular weight excluding hydrogens is 168 g/mol. The van der Waals surface area contributed by atoms with E-state index < -0.39 is 17.3 Å². The first kappa shape index (κ1) is 10.7. The second kappa shape index (κ2) is 3.08. The predicted molar refractivity (Wildman–Crippen MR) is 50.2 cm³/mol. The third-order valence-corrected chi connectivity index (χ3v) is 2.68. The van der Waals surface area contributed by atoms with E-state index in [2.05, 4.69) is 0 Å². The standard InChI is InChI=1S/C10H18O3/c1-9(2,12)7-4-5-10(3,13)8(11)6-7/h6,8,11-13H,4-5H2,1-3H3/t8-,10-/m0/s1. The Labute approximate surface area is 78.7 Å². The van der Waals surface area contributed by atoms with E-state index in [0.29, 0.717) is 12.8 Å². The summed E-state index contributed by atoms with van der Waals surface area (Å²) in [6.07, 6.45) is 1.81. The van der Waals surface area contributed by atoms with Gasteiger partial charge in [-0.3, -0.25) is 0 Å². The monoisotopic (exact) mass is 186 g/mol. The molecule has 3 nitrogen and oxygen atoms in total. The van der Waals surface area contributed by atoms with Crippen LogP contribution >= 0.6 is 0 Å². The first-order chi connectivity index (χ1) is 5.73. The number of aliphatic hydroxyl groups is 3. The van der Waals surface area contributed by atoms with E-state index in [1.165, 1.54) is 0 Å². The highest BCUT2D eigenvalue weighted by Gasteiger charge is 2.35. The molecule has 0 unspecified atom stereocenters. The maximum Gasteiger partial charge on any atom is 0.101 e. The molecule has 76 valence electrons. The van der Waals surface area contributed by atoms with Crippen LogP contribution in [0.25, 0.3) is 0 Å². The Morgan fingerprint density at radius 1 is 1.54 bits per heavy atom. The van der Waals surface area contributed by atoms with Crippen molar-refractivity contribution in [2.24, 2.45) is 0 Å². The first-order valence-electron chi connectivity index (χ1n) is 4.57. The molecule has 0 aromatic carbocycles. The Kier molecular flexibility index (Phi) is 2.54. The summed E-state index contributed by atoms with van der Waals surface area (Å²) in [4.78, 5) is 0. The van der Waals surface area contributed by atoms with Crippen LogP contribution in [0, 0.1) is 0 Å². The van der Waals surface area contributed by atoms with Crippen LogP contribution in [-0.4, -0.2) is 32.6 Å². The van der Waals surface area contributed by atoms with Gasteiger partial charge in [0.15, 0.2) is 0 Å². The minimum atomic E-state index is -1.05. The zero-order valence-electron chi connectivity index (χ0n) is 8.41. The van der Waals surface area contributed by atoms with Crippen molar-refractivity contribution in [3.8, 4) is 0 Å². The van der Waals surface area contributed by atoms with Gasteiger partial charge in [-0.15, -0.1) is 0 Å². The van der Waals surface area contributed by atoms with Gasteiger partial charge in [0.2, 0.25) is 0 Å². The smallest absolute Gasteiger partial charge is 0.101 e. The molecular formula is C10H18O3. The molecule has 0 saturated carbocycles. The first-order valence-corrected chi connectivity index (χ1v) is 4.57. The summed E-state index contributed by atoms with van der Waals surface area (Å²) in [6.45, 7) is 4.98. The fraction of sp³-hybridized carbons (Fsp3) is 0.800. The molecule has 0 aromatic heterocycles. The summed E-state index contributed by atoms with van der Waals surface area (Å²) in [5, 5.41) is 28.9. The molecule has 1 aliphatic carbocycles. The molecule has 0 bridgehead atoms. The van der Waals surface area contributed by atoms with E-state index in [0.717, 1.165) is 5.57 Å². The van der Waals surface area contributed by atoms with Crippen molar-refractivity contribution in [3.05, 3.63) is 11.6 Å². The predicted octanol–water partition coefficient (Wildman–Crippen LogP) is 0.589. The third kappa shape index (κ3) is 2.30. The van der Waals surface area contributed by atoms with Crippen LogP contribution in [0.2, 0.25) is 0 Å². The lowest BCUT2D eigenvalue weighted by Crippen LogP contribution is -2.42. The zero-order chi connectivity index (χ0) is 10.3. The normalized spacial score (nSPS) is 35.8. The molecule has 0 saturated heterocycles. The summed E-state index contributed by atoms with van der Waals surface area (Å²) in [5.41, 5.74) is -1.14. The summed E-state index contributed by atoms with van der Waals surface area (Å²) in [7, 11) is 0. The Bertz CT molecular complexity index is 223. The highest BCUT2D eigenvalue weighted by Crippen LogP contribution is 2.32. The van der Waals surface area contributed by atoms with Gasteiger partial charge in [-0.05, 0) is 39.2 Å². The third-order valence-electron chi connectivity index (χ3n) is 2.68. The topological polar surface area (TPSA) is 60.7 Å². The van der Waals surface area contributed by atoms with E-state index in [4.69, 9.17) is 0 Å². The largest absolute Gasteiger partial charge is 0.387 e. The van der Waals surface area contributed by atoms with Gasteiger partial charge < -0.3 is 15.3 Å². The van der Waals surface area contributed by atoms with Crippen molar-refractivity contribution in [2.75, 3.05) is 0 Å². The minimum Gasteiger partial charge on any atom is -0.387 e. The van der Waals surface area contributed by atoms with E-state index >= 15 is 0 Å². The van der Waals surface area contributed by atoms with E-state index in [1.54, 1.807) is 26.8 Å². The van der Waals surface area contributed by atoms with Crippen molar-refractivity contribution in [1.82, 2.24) is 0 Å². The molecule has 3 N–H and O–H groups in total. The van der Waals surface area contributed by atoms with Gasteiger partial charge in [0.25, 0.3) is 0 Å². The lowest BCUT2D eigenvalue weighted by Gasteiger charge is -2.35. The maximum atomic E-state index is 9.67. The van der Waals surface area contributed by atoms with Crippen LogP contribution < -0.4 is 0 Å². The summed E-state index contributed by atoms with van der Waals surface area (Å²) in [5.74, 6) is 0. The highest BCUT2D eigenvalue weighted by molar-refractivity contribution is 5.21. The molecule has 0 amide bonds. The molecule has 1 aliphatic rings. The summed E-state index contributed by atoms with van der Waals surface area (Å²) >= 11 is 0. The van der Waals surface area contributed by atoms with Crippen molar-refractivity contribution < 1.29 is 15.3 Å².